The van der Waals surface area contributed by atoms with E-state index in [0.29, 0.717) is 5.13 Å². The Bertz CT molecular complexity index is 1090. The summed E-state index contributed by atoms with van der Waals surface area (Å²) in [7, 11) is 0. The molecule has 0 aliphatic carbocycles. The van der Waals surface area contributed by atoms with Gasteiger partial charge in [-0.3, -0.25) is 4.68 Å². The number of anilines is 1. The van der Waals surface area contributed by atoms with Crippen molar-refractivity contribution in [2.45, 2.75) is 19.4 Å². The summed E-state index contributed by atoms with van der Waals surface area (Å²) in [4.78, 5) is 8.38. The summed E-state index contributed by atoms with van der Waals surface area (Å²) in [5.41, 5.74) is 11.6. The van der Waals surface area contributed by atoms with Crippen LogP contribution < -0.4 is 5.73 Å². The summed E-state index contributed by atoms with van der Waals surface area (Å²) in [6.45, 7) is 3.90. The molecule has 4 aromatic rings. The summed E-state index contributed by atoms with van der Waals surface area (Å²) < 4.78 is 2.16. The van der Waals surface area contributed by atoms with E-state index in [-0.39, 0.29) is 0 Å². The minimum absolute atomic E-state index is 0.700. The Kier molecular flexibility index (Phi) is 5.34. The number of benzene rings is 2. The summed E-state index contributed by atoms with van der Waals surface area (Å²) in [5, 5.41) is 5.67. The minimum Gasteiger partial charge on any atom is -0.375 e. The van der Waals surface area contributed by atoms with Crippen LogP contribution in [0.15, 0.2) is 66.7 Å². The van der Waals surface area contributed by atoms with Crippen LogP contribution in [0.2, 0.25) is 0 Å². The summed E-state index contributed by atoms with van der Waals surface area (Å²) in [6, 6.07) is 23.1. The number of rotatable bonds is 5. The second kappa shape index (κ2) is 8.42. The third-order valence-electron chi connectivity index (χ3n) is 5.66. The molecule has 0 unspecified atom stereocenters. The molecule has 3 heterocycles. The Balaban J connectivity index is 1.36. The van der Waals surface area contributed by atoms with Gasteiger partial charge in [-0.15, -0.1) is 11.3 Å². The zero-order valence-corrected chi connectivity index (χ0v) is 17.7. The van der Waals surface area contributed by atoms with E-state index in [0.717, 1.165) is 56.0 Å². The van der Waals surface area contributed by atoms with Gasteiger partial charge in [0.2, 0.25) is 0 Å². The lowest BCUT2D eigenvalue weighted by atomic mass is 10.1. The van der Waals surface area contributed by atoms with E-state index in [4.69, 9.17) is 10.8 Å². The van der Waals surface area contributed by atoms with E-state index in [1.165, 1.54) is 16.1 Å². The first-order chi connectivity index (χ1) is 14.8. The van der Waals surface area contributed by atoms with E-state index >= 15 is 0 Å². The van der Waals surface area contributed by atoms with Crippen LogP contribution in [0.1, 0.15) is 10.6 Å². The predicted octanol–water partition coefficient (Wildman–Crippen LogP) is 4.36. The number of nitrogen functional groups attached to an aromatic ring is 1. The molecule has 0 amide bonds. The summed E-state index contributed by atoms with van der Waals surface area (Å²) in [5.74, 6) is 0. The fraction of sp³-hybridized carbons (Fsp3) is 0.250. The van der Waals surface area contributed by atoms with Crippen molar-refractivity contribution in [1.29, 1.82) is 0 Å². The second-order valence-corrected chi connectivity index (χ2v) is 8.75. The lowest BCUT2D eigenvalue weighted by molar-refractivity contribution is 0.271. The zero-order chi connectivity index (χ0) is 20.3. The molecular weight excluding hydrogens is 390 g/mol. The SMILES string of the molecule is Nc1nc2c(s1)CCN(CCn1nc(-c3ccccc3)cc1-c1ccccc1)CC2. The highest BCUT2D eigenvalue weighted by atomic mass is 32.1. The van der Waals surface area contributed by atoms with Gasteiger partial charge in [-0.2, -0.15) is 5.10 Å². The molecule has 2 N–H and O–H groups in total. The number of hydrogen-bond donors (Lipinski definition) is 1. The van der Waals surface area contributed by atoms with Crippen LogP contribution in [-0.2, 0) is 19.4 Å². The number of nitrogens with two attached hydrogens (primary N) is 1. The van der Waals surface area contributed by atoms with Crippen molar-refractivity contribution >= 4 is 16.5 Å². The van der Waals surface area contributed by atoms with Gasteiger partial charge in [0.1, 0.15) is 0 Å². The molecule has 0 spiro atoms. The van der Waals surface area contributed by atoms with Crippen LogP contribution in [0, 0.1) is 0 Å². The molecule has 2 aromatic heterocycles. The van der Waals surface area contributed by atoms with Crippen LogP contribution in [0.4, 0.5) is 5.13 Å². The van der Waals surface area contributed by atoms with Crippen LogP contribution in [0.3, 0.4) is 0 Å². The Morgan fingerprint density at radius 2 is 1.57 bits per heavy atom. The highest BCUT2D eigenvalue weighted by Gasteiger charge is 2.18. The largest absolute Gasteiger partial charge is 0.375 e. The van der Waals surface area contributed by atoms with Crippen LogP contribution >= 0.6 is 11.3 Å². The standard InChI is InChI=1S/C24H25N5S/c25-24-26-20-11-13-28(14-12-23(20)30-24)15-16-29-22(19-9-5-2-6-10-19)17-21(27-29)18-7-3-1-4-8-18/h1-10,17H,11-16H2,(H2,25,26). The minimum atomic E-state index is 0.700. The second-order valence-electron chi connectivity index (χ2n) is 7.63. The van der Waals surface area contributed by atoms with E-state index in [2.05, 4.69) is 75.2 Å². The van der Waals surface area contributed by atoms with Gasteiger partial charge >= 0.3 is 0 Å². The molecule has 6 heteroatoms. The number of thiazole rings is 1. The zero-order valence-electron chi connectivity index (χ0n) is 16.9. The van der Waals surface area contributed by atoms with E-state index in [1.54, 1.807) is 11.3 Å². The van der Waals surface area contributed by atoms with Crippen LogP contribution in [-0.4, -0.2) is 39.3 Å². The fourth-order valence-electron chi connectivity index (χ4n) is 4.07. The molecule has 0 bridgehead atoms. The summed E-state index contributed by atoms with van der Waals surface area (Å²) >= 11 is 1.64. The monoisotopic (exact) mass is 415 g/mol. The first-order valence-electron chi connectivity index (χ1n) is 10.4. The van der Waals surface area contributed by atoms with E-state index in [1.807, 2.05) is 6.07 Å². The number of aromatic nitrogens is 3. The molecule has 5 rings (SSSR count). The maximum atomic E-state index is 5.88. The number of nitrogens with zero attached hydrogens (tertiary/aromatic N) is 4. The predicted molar refractivity (Wildman–Crippen MR) is 123 cm³/mol. The van der Waals surface area contributed by atoms with E-state index < -0.39 is 0 Å². The first-order valence-corrected chi connectivity index (χ1v) is 11.2. The van der Waals surface area contributed by atoms with Crippen molar-refractivity contribution in [2.75, 3.05) is 25.4 Å². The smallest absolute Gasteiger partial charge is 0.180 e. The molecule has 0 fully saturated rings. The molecule has 30 heavy (non-hydrogen) atoms. The molecule has 1 aliphatic rings. The Morgan fingerprint density at radius 3 is 2.33 bits per heavy atom. The maximum Gasteiger partial charge on any atom is 0.180 e. The molecule has 0 atom stereocenters. The molecule has 0 saturated carbocycles. The number of fused-ring (bicyclic) bond motifs is 1. The molecule has 152 valence electrons. The van der Waals surface area contributed by atoms with Gasteiger partial charge in [-0.05, 0) is 18.1 Å². The van der Waals surface area contributed by atoms with Gasteiger partial charge in [0.25, 0.3) is 0 Å². The first kappa shape index (κ1) is 19.0. The van der Waals surface area contributed by atoms with Crippen molar-refractivity contribution in [3.8, 4) is 22.5 Å². The average Bonchev–Trinajstić information content (AvgIpc) is 3.32. The van der Waals surface area contributed by atoms with Gasteiger partial charge in [-0.1, -0.05) is 60.7 Å². The number of hydrogen-bond acceptors (Lipinski definition) is 5. The molecule has 1 aliphatic heterocycles. The summed E-state index contributed by atoms with van der Waals surface area (Å²) in [6.07, 6.45) is 2.01. The van der Waals surface area contributed by atoms with Gasteiger partial charge in [0.15, 0.2) is 5.13 Å². The van der Waals surface area contributed by atoms with Crippen molar-refractivity contribution in [3.05, 3.63) is 77.3 Å². The quantitative estimate of drug-likeness (QED) is 0.526. The maximum absolute atomic E-state index is 5.88. The van der Waals surface area contributed by atoms with Crippen molar-refractivity contribution in [2.24, 2.45) is 0 Å². The van der Waals surface area contributed by atoms with Crippen molar-refractivity contribution in [1.82, 2.24) is 19.7 Å². The lowest BCUT2D eigenvalue weighted by Gasteiger charge is -2.20. The van der Waals surface area contributed by atoms with Gasteiger partial charge in [0, 0.05) is 36.5 Å². The Hall–Kier alpha value is -2.96. The topological polar surface area (TPSA) is 60.0 Å². The molecule has 2 aromatic carbocycles. The van der Waals surface area contributed by atoms with Crippen LogP contribution in [0.5, 0.6) is 0 Å². The lowest BCUT2D eigenvalue weighted by Crippen LogP contribution is -2.30. The van der Waals surface area contributed by atoms with Gasteiger partial charge in [0.05, 0.1) is 23.6 Å². The highest BCUT2D eigenvalue weighted by molar-refractivity contribution is 7.15. The molecular formula is C24H25N5S. The Morgan fingerprint density at radius 1 is 0.867 bits per heavy atom. The van der Waals surface area contributed by atoms with Crippen molar-refractivity contribution < 1.29 is 0 Å². The van der Waals surface area contributed by atoms with Crippen LogP contribution in [0.25, 0.3) is 22.5 Å². The molecule has 0 radical (unpaired) electrons. The normalized spacial score (nSPS) is 14.4. The van der Waals surface area contributed by atoms with Crippen molar-refractivity contribution in [3.63, 3.8) is 0 Å². The highest BCUT2D eigenvalue weighted by Crippen LogP contribution is 2.27. The Labute approximate surface area is 180 Å². The van der Waals surface area contributed by atoms with Gasteiger partial charge < -0.3 is 10.6 Å². The fourth-order valence-corrected chi connectivity index (χ4v) is 4.93. The average molecular weight is 416 g/mol. The van der Waals surface area contributed by atoms with E-state index in [9.17, 15) is 0 Å². The molecule has 5 nitrogen and oxygen atoms in total. The third-order valence-corrected chi connectivity index (χ3v) is 6.65. The van der Waals surface area contributed by atoms with Gasteiger partial charge in [-0.25, -0.2) is 4.98 Å². The third kappa shape index (κ3) is 4.01. The molecule has 0 saturated heterocycles.